The average Bonchev–Trinajstić information content (AvgIpc) is 3.06. The molecule has 142 valence electrons. The zero-order valence-corrected chi connectivity index (χ0v) is 16.1. The average molecular weight is 351 g/mol. The fraction of sp³-hybridized carbons (Fsp3) is 0.789. The standard InChI is InChI=1S/C19H34N4O2/c1-4-17-16(18(5-2)25-23-17)14-22-19(20-3)21-12-9-13-24-15-10-7-6-8-11-15/h15H,4-14H2,1-3H3,(H2,20,21,22). The van der Waals surface area contributed by atoms with Gasteiger partial charge in [-0.1, -0.05) is 38.3 Å². The predicted octanol–water partition coefficient (Wildman–Crippen LogP) is 3.20. The van der Waals surface area contributed by atoms with Crippen molar-refractivity contribution in [1.29, 1.82) is 0 Å². The minimum Gasteiger partial charge on any atom is -0.378 e. The zero-order valence-electron chi connectivity index (χ0n) is 16.1. The minimum atomic E-state index is 0.486. The molecule has 1 aliphatic rings. The van der Waals surface area contributed by atoms with Crippen LogP contribution < -0.4 is 10.6 Å². The van der Waals surface area contributed by atoms with E-state index in [4.69, 9.17) is 9.26 Å². The second kappa shape index (κ2) is 11.1. The highest BCUT2D eigenvalue weighted by molar-refractivity contribution is 5.79. The van der Waals surface area contributed by atoms with Crippen molar-refractivity contribution >= 4 is 5.96 Å². The number of hydrogen-bond donors (Lipinski definition) is 2. The van der Waals surface area contributed by atoms with Crippen molar-refractivity contribution in [2.45, 2.75) is 77.9 Å². The molecule has 0 aliphatic heterocycles. The van der Waals surface area contributed by atoms with Gasteiger partial charge in [0.05, 0.1) is 11.8 Å². The molecule has 0 saturated heterocycles. The third-order valence-corrected chi connectivity index (χ3v) is 4.78. The van der Waals surface area contributed by atoms with E-state index < -0.39 is 0 Å². The van der Waals surface area contributed by atoms with E-state index in [0.717, 1.165) is 55.4 Å². The molecule has 6 nitrogen and oxygen atoms in total. The van der Waals surface area contributed by atoms with Gasteiger partial charge in [-0.25, -0.2) is 0 Å². The highest BCUT2D eigenvalue weighted by Gasteiger charge is 2.14. The Morgan fingerprint density at radius 1 is 1.20 bits per heavy atom. The van der Waals surface area contributed by atoms with E-state index in [9.17, 15) is 0 Å². The van der Waals surface area contributed by atoms with Crippen LogP contribution in [-0.4, -0.2) is 37.4 Å². The first-order valence-corrected chi connectivity index (χ1v) is 9.80. The van der Waals surface area contributed by atoms with E-state index in [2.05, 4.69) is 34.6 Å². The first-order valence-electron chi connectivity index (χ1n) is 9.80. The molecule has 1 aliphatic carbocycles. The van der Waals surface area contributed by atoms with Crippen LogP contribution in [0.5, 0.6) is 0 Å². The lowest BCUT2D eigenvalue weighted by atomic mass is 9.98. The monoisotopic (exact) mass is 350 g/mol. The number of ether oxygens (including phenoxy) is 1. The van der Waals surface area contributed by atoms with Gasteiger partial charge < -0.3 is 19.9 Å². The fourth-order valence-electron chi connectivity index (χ4n) is 3.29. The maximum atomic E-state index is 5.96. The minimum absolute atomic E-state index is 0.486. The Kier molecular flexibility index (Phi) is 8.80. The van der Waals surface area contributed by atoms with Crippen molar-refractivity contribution in [2.75, 3.05) is 20.2 Å². The van der Waals surface area contributed by atoms with Crippen molar-refractivity contribution in [1.82, 2.24) is 15.8 Å². The maximum absolute atomic E-state index is 5.96. The highest BCUT2D eigenvalue weighted by Crippen LogP contribution is 2.20. The van der Waals surface area contributed by atoms with Crippen LogP contribution in [0.1, 0.15) is 69.4 Å². The molecular weight excluding hydrogens is 316 g/mol. The lowest BCUT2D eigenvalue weighted by Crippen LogP contribution is -2.38. The van der Waals surface area contributed by atoms with Crippen molar-refractivity contribution in [3.63, 3.8) is 0 Å². The van der Waals surface area contributed by atoms with Gasteiger partial charge in [0.15, 0.2) is 5.96 Å². The second-order valence-electron chi connectivity index (χ2n) is 6.58. The summed E-state index contributed by atoms with van der Waals surface area (Å²) in [6, 6.07) is 0. The molecule has 0 atom stereocenters. The Morgan fingerprint density at radius 2 is 2.00 bits per heavy atom. The van der Waals surface area contributed by atoms with E-state index in [1.807, 2.05) is 0 Å². The van der Waals surface area contributed by atoms with Gasteiger partial charge in [-0.2, -0.15) is 0 Å². The van der Waals surface area contributed by atoms with E-state index >= 15 is 0 Å². The third kappa shape index (κ3) is 6.34. The summed E-state index contributed by atoms with van der Waals surface area (Å²) in [5.74, 6) is 1.77. The molecule has 25 heavy (non-hydrogen) atoms. The van der Waals surface area contributed by atoms with E-state index in [-0.39, 0.29) is 0 Å². The quantitative estimate of drug-likeness (QED) is 0.406. The fourth-order valence-corrected chi connectivity index (χ4v) is 3.29. The van der Waals surface area contributed by atoms with Crippen LogP contribution in [0.15, 0.2) is 9.52 Å². The van der Waals surface area contributed by atoms with E-state index in [1.165, 1.54) is 32.1 Å². The molecule has 2 rings (SSSR count). The number of hydrogen-bond acceptors (Lipinski definition) is 4. The first-order chi connectivity index (χ1) is 12.3. The largest absolute Gasteiger partial charge is 0.378 e. The number of guanidine groups is 1. The van der Waals surface area contributed by atoms with Gasteiger partial charge in [0, 0.05) is 38.7 Å². The molecule has 1 aromatic heterocycles. The summed E-state index contributed by atoms with van der Waals surface area (Å²) in [5.41, 5.74) is 2.19. The van der Waals surface area contributed by atoms with Crippen LogP contribution in [0, 0.1) is 0 Å². The van der Waals surface area contributed by atoms with Crippen LogP contribution in [0.25, 0.3) is 0 Å². The van der Waals surface area contributed by atoms with Crippen molar-refractivity contribution in [3.05, 3.63) is 17.0 Å². The van der Waals surface area contributed by atoms with Gasteiger partial charge in [-0.05, 0) is 25.7 Å². The summed E-state index contributed by atoms with van der Waals surface area (Å²) in [4.78, 5) is 4.29. The molecular formula is C19H34N4O2. The normalized spacial score (nSPS) is 16.2. The number of rotatable bonds is 9. The molecule has 0 radical (unpaired) electrons. The Bertz CT molecular complexity index is 500. The van der Waals surface area contributed by atoms with Gasteiger partial charge >= 0.3 is 0 Å². The Labute approximate surface area is 151 Å². The number of aromatic nitrogens is 1. The molecule has 1 aromatic rings. The van der Waals surface area contributed by atoms with Crippen LogP contribution in [-0.2, 0) is 24.1 Å². The number of aryl methyl sites for hydroxylation is 2. The second-order valence-corrected chi connectivity index (χ2v) is 6.58. The maximum Gasteiger partial charge on any atom is 0.191 e. The number of aliphatic imine (C=N–C) groups is 1. The van der Waals surface area contributed by atoms with Gasteiger partial charge in [-0.15, -0.1) is 0 Å². The molecule has 0 unspecified atom stereocenters. The summed E-state index contributed by atoms with van der Waals surface area (Å²) in [6.45, 7) is 6.55. The van der Waals surface area contributed by atoms with E-state index in [0.29, 0.717) is 12.6 Å². The summed E-state index contributed by atoms with van der Waals surface area (Å²) < 4.78 is 11.4. The van der Waals surface area contributed by atoms with Crippen LogP contribution in [0.3, 0.4) is 0 Å². The molecule has 6 heteroatoms. The molecule has 0 aromatic carbocycles. The van der Waals surface area contributed by atoms with Gasteiger partial charge in [0.1, 0.15) is 5.76 Å². The smallest absolute Gasteiger partial charge is 0.191 e. The molecule has 1 heterocycles. The molecule has 0 spiro atoms. The topological polar surface area (TPSA) is 71.7 Å². The van der Waals surface area contributed by atoms with E-state index in [1.54, 1.807) is 7.05 Å². The third-order valence-electron chi connectivity index (χ3n) is 4.78. The summed E-state index contributed by atoms with van der Waals surface area (Å²) in [7, 11) is 1.79. The molecule has 2 N–H and O–H groups in total. The Morgan fingerprint density at radius 3 is 2.68 bits per heavy atom. The van der Waals surface area contributed by atoms with Crippen LogP contribution in [0.2, 0.25) is 0 Å². The SMILES string of the molecule is CCc1noc(CC)c1CNC(=NC)NCCCOC1CCCCC1. The zero-order chi connectivity index (χ0) is 17.9. The van der Waals surface area contributed by atoms with Crippen LogP contribution in [0.4, 0.5) is 0 Å². The van der Waals surface area contributed by atoms with Gasteiger partial charge in [0.25, 0.3) is 0 Å². The van der Waals surface area contributed by atoms with Gasteiger partial charge in [-0.3, -0.25) is 4.99 Å². The summed E-state index contributed by atoms with van der Waals surface area (Å²) >= 11 is 0. The lowest BCUT2D eigenvalue weighted by Gasteiger charge is -2.22. The highest BCUT2D eigenvalue weighted by atomic mass is 16.5. The van der Waals surface area contributed by atoms with Crippen molar-refractivity contribution in [3.8, 4) is 0 Å². The van der Waals surface area contributed by atoms with Crippen LogP contribution >= 0.6 is 0 Å². The van der Waals surface area contributed by atoms with Gasteiger partial charge in [0.2, 0.25) is 0 Å². The Hall–Kier alpha value is -1.56. The first kappa shape index (κ1) is 19.8. The number of nitrogens with zero attached hydrogens (tertiary/aromatic N) is 2. The molecule has 0 bridgehead atoms. The lowest BCUT2D eigenvalue weighted by molar-refractivity contribution is 0.0277. The van der Waals surface area contributed by atoms with Crippen molar-refractivity contribution in [2.24, 2.45) is 4.99 Å². The summed E-state index contributed by atoms with van der Waals surface area (Å²) in [5, 5.41) is 10.9. The summed E-state index contributed by atoms with van der Waals surface area (Å²) in [6.07, 6.45) is 9.69. The predicted molar refractivity (Wildman–Crippen MR) is 101 cm³/mol. The number of nitrogens with one attached hydrogen (secondary N) is 2. The molecule has 1 saturated carbocycles. The van der Waals surface area contributed by atoms with Crippen molar-refractivity contribution < 1.29 is 9.26 Å². The molecule has 1 fully saturated rings. The Balaban J connectivity index is 1.66. The molecule has 0 amide bonds.